The van der Waals surface area contributed by atoms with Crippen LogP contribution >= 0.6 is 39.1 Å². The van der Waals surface area contributed by atoms with E-state index >= 15 is 0 Å². The molecule has 1 aliphatic rings. The highest BCUT2D eigenvalue weighted by Gasteiger charge is 2.37. The Labute approximate surface area is 219 Å². The molecule has 3 aromatic rings. The molecule has 12 heteroatoms. The van der Waals surface area contributed by atoms with E-state index in [1.54, 1.807) is 36.4 Å². The maximum absolute atomic E-state index is 14.3. The normalized spacial score (nSPS) is 14.6. The lowest BCUT2D eigenvalue weighted by atomic mass is 10.1. The molecule has 4 rings (SSSR count). The number of hydrogen-bond donors (Lipinski definition) is 0. The molecule has 3 aromatic carbocycles. The fraction of sp³-hybridized carbons (Fsp3) is 0.0833. The molecule has 36 heavy (non-hydrogen) atoms. The van der Waals surface area contributed by atoms with E-state index in [0.29, 0.717) is 31.4 Å². The summed E-state index contributed by atoms with van der Waals surface area (Å²) in [5, 5.41) is 4.70. The van der Waals surface area contributed by atoms with Crippen LogP contribution in [0.5, 0.6) is 5.75 Å². The van der Waals surface area contributed by atoms with Gasteiger partial charge in [-0.15, -0.1) is 0 Å². The zero-order valence-corrected chi connectivity index (χ0v) is 21.1. The van der Waals surface area contributed by atoms with Crippen molar-refractivity contribution in [2.75, 3.05) is 5.01 Å². The molecule has 4 nitrogen and oxygen atoms in total. The van der Waals surface area contributed by atoms with E-state index in [9.17, 15) is 26.7 Å². The highest BCUT2D eigenvalue weighted by atomic mass is 79.9. The van der Waals surface area contributed by atoms with Crippen LogP contribution in [0.15, 0.2) is 51.5 Å². The van der Waals surface area contributed by atoms with E-state index in [0.717, 1.165) is 0 Å². The van der Waals surface area contributed by atoms with E-state index in [4.69, 9.17) is 27.9 Å². The Morgan fingerprint density at radius 3 is 2.25 bits per heavy atom. The van der Waals surface area contributed by atoms with E-state index in [2.05, 4.69) is 21.0 Å². The molecule has 1 heterocycles. The Hall–Kier alpha value is -2.95. The van der Waals surface area contributed by atoms with Crippen molar-refractivity contribution in [1.82, 2.24) is 0 Å². The van der Waals surface area contributed by atoms with Crippen LogP contribution in [0.4, 0.5) is 27.6 Å². The number of amides is 1. The summed E-state index contributed by atoms with van der Waals surface area (Å²) in [4.78, 5) is 13.0. The lowest BCUT2D eigenvalue weighted by Gasteiger charge is -2.15. The smallest absolute Gasteiger partial charge is 0.280 e. The maximum atomic E-state index is 14.3. The monoisotopic (exact) mass is 604 g/mol. The molecule has 0 radical (unpaired) electrons. The van der Waals surface area contributed by atoms with Crippen LogP contribution < -0.4 is 9.75 Å². The number of hydrogen-bond acceptors (Lipinski definition) is 3. The first-order valence-corrected chi connectivity index (χ1v) is 11.5. The summed E-state index contributed by atoms with van der Waals surface area (Å²) < 4.78 is 75.9. The SMILES string of the molecule is CC1=NN(c2c(F)c(F)c(F)c(F)c2F)C(=O)/C1=C/c1cc(Br)ccc1OCc1ccc(Cl)cc1Cl. The number of hydrazone groups is 1. The maximum Gasteiger partial charge on any atom is 0.280 e. The van der Waals surface area contributed by atoms with Crippen molar-refractivity contribution in [3.05, 3.63) is 96.7 Å². The second kappa shape index (κ2) is 10.2. The second-order valence-corrected chi connectivity index (χ2v) is 9.24. The molecule has 0 bridgehead atoms. The summed E-state index contributed by atoms with van der Waals surface area (Å²) in [6, 6.07) is 9.76. The Bertz CT molecular complexity index is 1450. The summed E-state index contributed by atoms with van der Waals surface area (Å²) >= 11 is 15.4. The standard InChI is InChI=1S/C24H12BrCl2F5N2O2/c1-10-15(24(35)34(33-10)23-21(31)19(29)18(28)20(30)22(23)32)7-12-6-13(25)3-5-17(12)36-9-11-2-4-14(26)8-16(11)27/h2-8H,9H2,1H3/b15-7+. The third kappa shape index (κ3) is 4.85. The summed E-state index contributed by atoms with van der Waals surface area (Å²) in [6.07, 6.45) is 1.33. The minimum Gasteiger partial charge on any atom is -0.488 e. The largest absolute Gasteiger partial charge is 0.488 e. The van der Waals surface area contributed by atoms with Crippen LogP contribution in [0.3, 0.4) is 0 Å². The van der Waals surface area contributed by atoms with Crippen molar-refractivity contribution >= 4 is 62.5 Å². The van der Waals surface area contributed by atoms with Gasteiger partial charge in [0.05, 0.1) is 11.3 Å². The van der Waals surface area contributed by atoms with Crippen LogP contribution in [-0.4, -0.2) is 11.6 Å². The fourth-order valence-electron chi connectivity index (χ4n) is 3.33. The summed E-state index contributed by atoms with van der Waals surface area (Å²) in [6.45, 7) is 1.40. The second-order valence-electron chi connectivity index (χ2n) is 7.49. The summed E-state index contributed by atoms with van der Waals surface area (Å²) in [5.41, 5.74) is -0.634. The van der Waals surface area contributed by atoms with Gasteiger partial charge < -0.3 is 4.74 Å². The number of carbonyl (C=O) groups excluding carboxylic acids is 1. The molecule has 0 saturated carbocycles. The number of ether oxygens (including phenoxy) is 1. The van der Waals surface area contributed by atoms with Gasteiger partial charge in [0.25, 0.3) is 5.91 Å². The third-order valence-electron chi connectivity index (χ3n) is 5.13. The van der Waals surface area contributed by atoms with Gasteiger partial charge in [0.1, 0.15) is 18.0 Å². The van der Waals surface area contributed by atoms with Gasteiger partial charge in [-0.2, -0.15) is 10.1 Å². The average molecular weight is 606 g/mol. The van der Waals surface area contributed by atoms with Crippen LogP contribution in [0.2, 0.25) is 10.0 Å². The van der Waals surface area contributed by atoms with Crippen molar-refractivity contribution in [2.45, 2.75) is 13.5 Å². The van der Waals surface area contributed by atoms with Gasteiger partial charge in [-0.3, -0.25) is 4.79 Å². The Kier molecular flexibility index (Phi) is 7.40. The first kappa shape index (κ1) is 26.1. The van der Waals surface area contributed by atoms with E-state index < -0.39 is 40.7 Å². The van der Waals surface area contributed by atoms with Crippen molar-refractivity contribution in [3.63, 3.8) is 0 Å². The van der Waals surface area contributed by atoms with Crippen LogP contribution in [0.25, 0.3) is 6.08 Å². The molecule has 1 aliphatic heterocycles. The number of carbonyl (C=O) groups is 1. The van der Waals surface area contributed by atoms with Gasteiger partial charge in [-0.1, -0.05) is 45.2 Å². The molecular formula is C24H12BrCl2F5N2O2. The van der Waals surface area contributed by atoms with Crippen molar-refractivity contribution < 1.29 is 31.5 Å². The Balaban J connectivity index is 1.70. The average Bonchev–Trinajstić information content (AvgIpc) is 3.10. The zero-order chi connectivity index (χ0) is 26.3. The highest BCUT2D eigenvalue weighted by Crippen LogP contribution is 2.35. The lowest BCUT2D eigenvalue weighted by molar-refractivity contribution is -0.114. The van der Waals surface area contributed by atoms with Crippen molar-refractivity contribution in [1.29, 1.82) is 0 Å². The van der Waals surface area contributed by atoms with Crippen LogP contribution in [0, 0.1) is 29.1 Å². The van der Waals surface area contributed by atoms with Gasteiger partial charge in [-0.25, -0.2) is 22.0 Å². The van der Waals surface area contributed by atoms with Crippen LogP contribution in [0.1, 0.15) is 18.1 Å². The topological polar surface area (TPSA) is 41.9 Å². The van der Waals surface area contributed by atoms with Gasteiger partial charge in [0, 0.05) is 25.6 Å². The number of rotatable bonds is 5. The van der Waals surface area contributed by atoms with Gasteiger partial charge in [-0.05, 0) is 43.3 Å². The predicted octanol–water partition coefficient (Wildman–Crippen LogP) is 7.84. The molecule has 0 spiro atoms. The summed E-state index contributed by atoms with van der Waals surface area (Å²) in [5.74, 6) is -11.9. The van der Waals surface area contributed by atoms with Gasteiger partial charge in [0.15, 0.2) is 23.3 Å². The fourth-order valence-corrected chi connectivity index (χ4v) is 4.17. The Morgan fingerprint density at radius 1 is 0.972 bits per heavy atom. The quantitative estimate of drug-likeness (QED) is 0.129. The molecule has 0 fully saturated rings. The number of halogens is 8. The van der Waals surface area contributed by atoms with E-state index in [-0.39, 0.29) is 22.9 Å². The predicted molar refractivity (Wildman–Crippen MR) is 130 cm³/mol. The number of anilines is 1. The molecular weight excluding hydrogens is 594 g/mol. The summed E-state index contributed by atoms with van der Waals surface area (Å²) in [7, 11) is 0. The van der Waals surface area contributed by atoms with E-state index in [1.807, 2.05) is 0 Å². The molecule has 1 amide bonds. The first-order valence-electron chi connectivity index (χ1n) is 9.99. The van der Waals surface area contributed by atoms with Crippen molar-refractivity contribution in [2.24, 2.45) is 5.10 Å². The number of benzene rings is 3. The molecule has 0 unspecified atom stereocenters. The van der Waals surface area contributed by atoms with Crippen LogP contribution in [-0.2, 0) is 11.4 Å². The Morgan fingerprint density at radius 2 is 1.61 bits per heavy atom. The molecule has 186 valence electrons. The van der Waals surface area contributed by atoms with E-state index in [1.165, 1.54) is 13.0 Å². The molecule has 0 atom stereocenters. The minimum atomic E-state index is -2.34. The minimum absolute atomic E-state index is 0.0180. The van der Waals surface area contributed by atoms with Gasteiger partial charge in [0.2, 0.25) is 5.82 Å². The van der Waals surface area contributed by atoms with Crippen molar-refractivity contribution in [3.8, 4) is 5.75 Å². The van der Waals surface area contributed by atoms with Gasteiger partial charge >= 0.3 is 0 Å². The molecule has 0 saturated heterocycles. The number of nitrogens with zero attached hydrogens (tertiary/aromatic N) is 2. The molecule has 0 aromatic heterocycles. The highest BCUT2D eigenvalue weighted by molar-refractivity contribution is 9.10. The first-order chi connectivity index (χ1) is 17.0. The lowest BCUT2D eigenvalue weighted by Crippen LogP contribution is -2.25. The zero-order valence-electron chi connectivity index (χ0n) is 18.0. The molecule has 0 aliphatic carbocycles. The third-order valence-corrected chi connectivity index (χ3v) is 6.21. The molecule has 0 N–H and O–H groups in total.